The fraction of sp³-hybridized carbons (Fsp3) is 0.333. The second-order valence-electron chi connectivity index (χ2n) is 4.13. The molecule has 1 aromatic rings. The molecule has 0 spiro atoms. The molecule has 4 nitrogen and oxygen atoms in total. The summed E-state index contributed by atoms with van der Waals surface area (Å²) in [6.45, 7) is 0.641. The van der Waals surface area contributed by atoms with Crippen LogP contribution in [0.4, 0.5) is 4.39 Å². The van der Waals surface area contributed by atoms with Crippen LogP contribution in [0.15, 0.2) is 23.1 Å². The molecule has 1 unspecified atom stereocenters. The summed E-state index contributed by atoms with van der Waals surface area (Å²) < 4.78 is 13.0. The number of halogens is 1. The van der Waals surface area contributed by atoms with Crippen LogP contribution in [0.5, 0.6) is 0 Å². The van der Waals surface area contributed by atoms with Crippen LogP contribution in [0.25, 0.3) is 0 Å². The molecule has 1 atom stereocenters. The zero-order valence-electron chi connectivity index (χ0n) is 9.57. The van der Waals surface area contributed by atoms with Crippen molar-refractivity contribution in [3.63, 3.8) is 0 Å². The Hall–Kier alpha value is -1.56. The first-order chi connectivity index (χ1) is 8.58. The minimum Gasteiger partial charge on any atom is -0.354 e. The van der Waals surface area contributed by atoms with Crippen LogP contribution in [0.2, 0.25) is 0 Å². The number of amides is 2. The van der Waals surface area contributed by atoms with Crippen molar-refractivity contribution in [3.8, 4) is 0 Å². The van der Waals surface area contributed by atoms with Crippen LogP contribution in [0, 0.1) is 5.82 Å². The molecule has 1 aromatic carbocycles. The van der Waals surface area contributed by atoms with Gasteiger partial charge < -0.3 is 10.6 Å². The smallest absolute Gasteiger partial charge is 0.251 e. The molecule has 1 fully saturated rings. The van der Waals surface area contributed by atoms with Crippen molar-refractivity contribution in [1.82, 2.24) is 10.6 Å². The zero-order valence-corrected chi connectivity index (χ0v) is 10.5. The maximum atomic E-state index is 13.0. The number of nitrogens with one attached hydrogen (secondary N) is 2. The highest BCUT2D eigenvalue weighted by Gasteiger charge is 2.24. The Morgan fingerprint density at radius 1 is 1.50 bits per heavy atom. The van der Waals surface area contributed by atoms with E-state index in [0.717, 1.165) is 6.42 Å². The number of carbonyl (C=O) groups excluding carboxylic acids is 2. The second-order valence-corrected chi connectivity index (χ2v) is 4.61. The Kier molecular flexibility index (Phi) is 3.86. The molecule has 2 amide bonds. The summed E-state index contributed by atoms with van der Waals surface area (Å²) in [4.78, 5) is 23.5. The van der Waals surface area contributed by atoms with Gasteiger partial charge in [0.05, 0.1) is 0 Å². The lowest BCUT2D eigenvalue weighted by Crippen LogP contribution is -2.50. The highest BCUT2D eigenvalue weighted by atomic mass is 32.1. The third kappa shape index (κ3) is 2.81. The highest BCUT2D eigenvalue weighted by molar-refractivity contribution is 7.80. The molecule has 0 radical (unpaired) electrons. The predicted octanol–water partition coefficient (Wildman–Crippen LogP) is 1.12. The van der Waals surface area contributed by atoms with Gasteiger partial charge in [-0.05, 0) is 31.0 Å². The van der Waals surface area contributed by atoms with Crippen molar-refractivity contribution in [3.05, 3.63) is 29.6 Å². The highest BCUT2D eigenvalue weighted by Crippen LogP contribution is 2.14. The first kappa shape index (κ1) is 12.9. The average Bonchev–Trinajstić information content (AvgIpc) is 2.35. The molecule has 96 valence electrons. The summed E-state index contributed by atoms with van der Waals surface area (Å²) in [5.74, 6) is -1.06. The van der Waals surface area contributed by atoms with Gasteiger partial charge in [-0.15, -0.1) is 12.6 Å². The van der Waals surface area contributed by atoms with Gasteiger partial charge in [-0.1, -0.05) is 0 Å². The number of rotatable bonds is 2. The topological polar surface area (TPSA) is 58.2 Å². The minimum atomic E-state index is -0.514. The van der Waals surface area contributed by atoms with Crippen LogP contribution < -0.4 is 10.6 Å². The number of benzene rings is 1. The molecule has 1 heterocycles. The van der Waals surface area contributed by atoms with E-state index in [-0.39, 0.29) is 10.8 Å². The van der Waals surface area contributed by atoms with Crippen LogP contribution in [0.1, 0.15) is 23.2 Å². The summed E-state index contributed by atoms with van der Waals surface area (Å²) in [6, 6.07) is 3.37. The predicted molar refractivity (Wildman–Crippen MR) is 67.1 cm³/mol. The third-order valence-corrected chi connectivity index (χ3v) is 3.14. The van der Waals surface area contributed by atoms with Gasteiger partial charge in [0.25, 0.3) is 5.91 Å². The first-order valence-electron chi connectivity index (χ1n) is 5.65. The SMILES string of the molecule is O=C(NC1CCCNC1=O)c1ccc(F)c(S)c1. The van der Waals surface area contributed by atoms with E-state index in [4.69, 9.17) is 0 Å². The number of hydrogen-bond donors (Lipinski definition) is 3. The van der Waals surface area contributed by atoms with E-state index in [9.17, 15) is 14.0 Å². The molecule has 2 rings (SSSR count). The fourth-order valence-corrected chi connectivity index (χ4v) is 2.02. The molecule has 0 aromatic heterocycles. The quantitative estimate of drug-likeness (QED) is 0.704. The lowest BCUT2D eigenvalue weighted by Gasteiger charge is -2.22. The summed E-state index contributed by atoms with van der Waals surface area (Å²) in [5.41, 5.74) is 0.291. The van der Waals surface area contributed by atoms with Gasteiger partial charge in [0.2, 0.25) is 5.91 Å². The van der Waals surface area contributed by atoms with Crippen molar-refractivity contribution in [2.24, 2.45) is 0 Å². The van der Waals surface area contributed by atoms with Crippen LogP contribution in [-0.4, -0.2) is 24.4 Å². The van der Waals surface area contributed by atoms with Crippen LogP contribution in [-0.2, 0) is 4.79 Å². The van der Waals surface area contributed by atoms with Crippen molar-refractivity contribution in [2.45, 2.75) is 23.8 Å². The van der Waals surface area contributed by atoms with Crippen LogP contribution in [0.3, 0.4) is 0 Å². The van der Waals surface area contributed by atoms with E-state index >= 15 is 0 Å². The average molecular weight is 268 g/mol. The Morgan fingerprint density at radius 3 is 2.94 bits per heavy atom. The van der Waals surface area contributed by atoms with Crippen molar-refractivity contribution < 1.29 is 14.0 Å². The van der Waals surface area contributed by atoms with E-state index in [1.165, 1.54) is 18.2 Å². The molecule has 0 bridgehead atoms. The Morgan fingerprint density at radius 2 is 2.28 bits per heavy atom. The van der Waals surface area contributed by atoms with E-state index in [2.05, 4.69) is 23.3 Å². The first-order valence-corrected chi connectivity index (χ1v) is 6.10. The third-order valence-electron chi connectivity index (χ3n) is 2.80. The summed E-state index contributed by atoms with van der Waals surface area (Å²) in [6.07, 6.45) is 1.45. The summed E-state index contributed by atoms with van der Waals surface area (Å²) in [5, 5.41) is 5.30. The van der Waals surface area contributed by atoms with Gasteiger partial charge in [0, 0.05) is 17.0 Å². The largest absolute Gasteiger partial charge is 0.354 e. The number of thiol groups is 1. The molecule has 6 heteroatoms. The lowest BCUT2D eigenvalue weighted by atomic mass is 10.1. The van der Waals surface area contributed by atoms with Gasteiger partial charge >= 0.3 is 0 Å². The monoisotopic (exact) mass is 268 g/mol. The van der Waals surface area contributed by atoms with Gasteiger partial charge in [-0.2, -0.15) is 0 Å². The lowest BCUT2D eigenvalue weighted by molar-refractivity contribution is -0.124. The molecule has 0 saturated carbocycles. The van der Waals surface area contributed by atoms with Gasteiger partial charge in [-0.25, -0.2) is 4.39 Å². The Balaban J connectivity index is 2.07. The van der Waals surface area contributed by atoms with E-state index in [1.54, 1.807) is 0 Å². The fourth-order valence-electron chi connectivity index (χ4n) is 1.81. The van der Waals surface area contributed by atoms with Crippen molar-refractivity contribution >= 4 is 24.4 Å². The molecule has 1 aliphatic heterocycles. The maximum absolute atomic E-state index is 13.0. The number of piperidine rings is 1. The zero-order chi connectivity index (χ0) is 13.1. The molecule has 18 heavy (non-hydrogen) atoms. The van der Waals surface area contributed by atoms with Crippen molar-refractivity contribution in [2.75, 3.05) is 6.54 Å². The molecular weight excluding hydrogens is 255 g/mol. The molecule has 2 N–H and O–H groups in total. The van der Waals surface area contributed by atoms with Gasteiger partial charge in [-0.3, -0.25) is 9.59 Å². The Bertz CT molecular complexity index is 493. The number of carbonyl (C=O) groups is 2. The van der Waals surface area contributed by atoms with Gasteiger partial charge in [0.1, 0.15) is 11.9 Å². The summed E-state index contributed by atoms with van der Waals surface area (Å²) >= 11 is 3.91. The molecule has 1 saturated heterocycles. The molecular formula is C12H13FN2O2S. The van der Waals surface area contributed by atoms with E-state index in [0.29, 0.717) is 18.5 Å². The van der Waals surface area contributed by atoms with Crippen LogP contribution >= 0.6 is 12.6 Å². The number of hydrogen-bond acceptors (Lipinski definition) is 3. The standard InChI is InChI=1S/C12H13FN2O2S/c13-8-4-3-7(6-10(8)18)11(16)15-9-2-1-5-14-12(9)17/h3-4,6,9,18H,1-2,5H2,(H,14,17)(H,15,16). The van der Waals surface area contributed by atoms with E-state index in [1.807, 2.05) is 0 Å². The summed E-state index contributed by atoms with van der Waals surface area (Å²) in [7, 11) is 0. The Labute approximate surface area is 109 Å². The van der Waals surface area contributed by atoms with Gasteiger partial charge in [0.15, 0.2) is 0 Å². The molecule has 1 aliphatic rings. The van der Waals surface area contributed by atoms with E-state index < -0.39 is 17.8 Å². The van der Waals surface area contributed by atoms with Crippen molar-refractivity contribution in [1.29, 1.82) is 0 Å². The second kappa shape index (κ2) is 5.39. The molecule has 0 aliphatic carbocycles. The maximum Gasteiger partial charge on any atom is 0.251 e. The normalized spacial score (nSPS) is 19.2. The minimum absolute atomic E-state index is 0.107.